The van der Waals surface area contributed by atoms with Crippen LogP contribution in [0.25, 0.3) is 0 Å². The number of hydrogen-bond donors (Lipinski definition) is 2. The molecule has 3 nitrogen and oxygen atoms in total. The van der Waals surface area contributed by atoms with Crippen LogP contribution in [0.3, 0.4) is 0 Å². The molecule has 1 aliphatic carbocycles. The van der Waals surface area contributed by atoms with Gasteiger partial charge in [-0.1, -0.05) is 30.3 Å². The second kappa shape index (κ2) is 6.88. The Kier molecular flexibility index (Phi) is 5.17. The molecule has 1 aromatic carbocycles. The van der Waals surface area contributed by atoms with E-state index >= 15 is 0 Å². The highest BCUT2D eigenvalue weighted by molar-refractivity contribution is 5.13. The van der Waals surface area contributed by atoms with Crippen LogP contribution in [0.5, 0.6) is 0 Å². The lowest BCUT2D eigenvalue weighted by molar-refractivity contribution is -0.0399. The van der Waals surface area contributed by atoms with E-state index < -0.39 is 0 Å². The van der Waals surface area contributed by atoms with Crippen LogP contribution < -0.4 is 11.1 Å². The molecule has 0 amide bonds. The summed E-state index contributed by atoms with van der Waals surface area (Å²) in [6, 6.07) is 10.8. The lowest BCUT2D eigenvalue weighted by Gasteiger charge is -2.36. The minimum Gasteiger partial charge on any atom is -0.374 e. The Morgan fingerprint density at radius 3 is 2.72 bits per heavy atom. The molecule has 1 aromatic rings. The molecule has 18 heavy (non-hydrogen) atoms. The van der Waals surface area contributed by atoms with Crippen LogP contribution in [0, 0.1) is 5.92 Å². The third-order valence-corrected chi connectivity index (χ3v) is 3.63. The molecule has 1 saturated carbocycles. The van der Waals surface area contributed by atoms with Crippen LogP contribution in [0.4, 0.5) is 0 Å². The molecular formula is C15H24N2O. The van der Waals surface area contributed by atoms with Crippen molar-refractivity contribution in [2.24, 2.45) is 11.7 Å². The van der Waals surface area contributed by atoms with Gasteiger partial charge in [-0.05, 0) is 37.8 Å². The molecule has 1 fully saturated rings. The van der Waals surface area contributed by atoms with Crippen LogP contribution in [0.2, 0.25) is 0 Å². The molecular weight excluding hydrogens is 224 g/mol. The van der Waals surface area contributed by atoms with Crippen molar-refractivity contribution in [1.82, 2.24) is 5.32 Å². The first-order valence-electron chi connectivity index (χ1n) is 6.87. The summed E-state index contributed by atoms with van der Waals surface area (Å²) in [6.45, 7) is 4.65. The summed E-state index contributed by atoms with van der Waals surface area (Å²) in [5, 5.41) is 3.45. The van der Waals surface area contributed by atoms with Gasteiger partial charge >= 0.3 is 0 Å². The normalized spacial score (nSPS) is 24.6. The quantitative estimate of drug-likeness (QED) is 0.775. The first-order valence-corrected chi connectivity index (χ1v) is 6.87. The fraction of sp³-hybridized carbons (Fsp3) is 0.600. The van der Waals surface area contributed by atoms with Crippen LogP contribution in [0.15, 0.2) is 30.3 Å². The van der Waals surface area contributed by atoms with Crippen molar-refractivity contribution in [3.05, 3.63) is 35.9 Å². The zero-order valence-corrected chi connectivity index (χ0v) is 11.1. The van der Waals surface area contributed by atoms with E-state index in [0.29, 0.717) is 18.7 Å². The molecule has 0 aliphatic heterocycles. The zero-order valence-electron chi connectivity index (χ0n) is 11.1. The average Bonchev–Trinajstić information content (AvgIpc) is 2.37. The molecule has 1 atom stereocenters. The van der Waals surface area contributed by atoms with Gasteiger partial charge in [-0.25, -0.2) is 0 Å². The fourth-order valence-electron chi connectivity index (χ4n) is 2.22. The van der Waals surface area contributed by atoms with Gasteiger partial charge in [0.25, 0.3) is 0 Å². The second-order valence-electron chi connectivity index (χ2n) is 5.30. The van der Waals surface area contributed by atoms with E-state index in [1.807, 2.05) is 6.07 Å². The third-order valence-electron chi connectivity index (χ3n) is 3.63. The van der Waals surface area contributed by atoms with Gasteiger partial charge in [0.05, 0.1) is 12.7 Å². The van der Waals surface area contributed by atoms with Crippen LogP contribution in [-0.2, 0) is 11.3 Å². The van der Waals surface area contributed by atoms with Gasteiger partial charge in [0.1, 0.15) is 0 Å². The van der Waals surface area contributed by atoms with E-state index in [2.05, 4.69) is 36.5 Å². The number of benzene rings is 1. The Labute approximate surface area is 110 Å². The van der Waals surface area contributed by atoms with E-state index in [9.17, 15) is 0 Å². The maximum Gasteiger partial charge on any atom is 0.0720 e. The van der Waals surface area contributed by atoms with Crippen LogP contribution in [0.1, 0.15) is 25.3 Å². The molecule has 100 valence electrons. The molecule has 2 rings (SSSR count). The van der Waals surface area contributed by atoms with Crippen molar-refractivity contribution >= 4 is 0 Å². The van der Waals surface area contributed by atoms with Crippen molar-refractivity contribution in [1.29, 1.82) is 0 Å². The van der Waals surface area contributed by atoms with E-state index in [1.165, 1.54) is 18.4 Å². The summed E-state index contributed by atoms with van der Waals surface area (Å²) >= 11 is 0. The molecule has 3 heteroatoms. The predicted molar refractivity (Wildman–Crippen MR) is 74.3 cm³/mol. The van der Waals surface area contributed by atoms with Gasteiger partial charge in [-0.3, -0.25) is 0 Å². The minimum absolute atomic E-state index is 0.425. The molecule has 0 radical (unpaired) electrons. The summed E-state index contributed by atoms with van der Waals surface area (Å²) in [7, 11) is 0. The molecule has 0 spiro atoms. The topological polar surface area (TPSA) is 47.3 Å². The highest BCUT2D eigenvalue weighted by Crippen LogP contribution is 2.30. The first-order chi connectivity index (χ1) is 8.78. The van der Waals surface area contributed by atoms with Gasteiger partial charge in [0.2, 0.25) is 0 Å². The lowest BCUT2D eigenvalue weighted by atomic mass is 9.82. The Hall–Kier alpha value is -0.900. The first kappa shape index (κ1) is 13.5. The molecule has 0 aromatic heterocycles. The van der Waals surface area contributed by atoms with Gasteiger partial charge in [0.15, 0.2) is 0 Å². The molecule has 0 heterocycles. The van der Waals surface area contributed by atoms with Gasteiger partial charge in [-0.15, -0.1) is 0 Å². The van der Waals surface area contributed by atoms with E-state index in [1.54, 1.807) is 0 Å². The number of nitrogens with two attached hydrogens (primary N) is 1. The van der Waals surface area contributed by atoms with Crippen LogP contribution in [-0.4, -0.2) is 25.2 Å². The van der Waals surface area contributed by atoms with E-state index in [0.717, 1.165) is 19.1 Å². The highest BCUT2D eigenvalue weighted by atomic mass is 16.5. The van der Waals surface area contributed by atoms with Gasteiger partial charge < -0.3 is 15.8 Å². The Balaban J connectivity index is 1.56. The molecule has 1 unspecified atom stereocenters. The minimum atomic E-state index is 0.425. The second-order valence-corrected chi connectivity index (χ2v) is 5.30. The summed E-state index contributed by atoms with van der Waals surface area (Å²) in [4.78, 5) is 0. The number of hydrogen-bond acceptors (Lipinski definition) is 3. The van der Waals surface area contributed by atoms with E-state index in [-0.39, 0.29) is 0 Å². The van der Waals surface area contributed by atoms with Gasteiger partial charge in [0, 0.05) is 12.6 Å². The average molecular weight is 248 g/mol. The molecule has 0 bridgehead atoms. The fourth-order valence-corrected chi connectivity index (χ4v) is 2.22. The maximum absolute atomic E-state index is 5.87. The standard InChI is InChI=1S/C15H24N2O/c1-12(9-16)17-10-14-7-15(8-14)18-11-13-5-3-2-4-6-13/h2-6,12,14-15,17H,7-11,16H2,1H3. The molecule has 0 saturated heterocycles. The Bertz CT molecular complexity index is 336. The zero-order chi connectivity index (χ0) is 12.8. The largest absolute Gasteiger partial charge is 0.374 e. The molecule has 3 N–H and O–H groups in total. The highest BCUT2D eigenvalue weighted by Gasteiger charge is 2.29. The summed E-state index contributed by atoms with van der Waals surface area (Å²) < 4.78 is 5.87. The van der Waals surface area contributed by atoms with Gasteiger partial charge in [-0.2, -0.15) is 0 Å². The summed E-state index contributed by atoms with van der Waals surface area (Å²) in [5.41, 5.74) is 6.83. The predicted octanol–water partition coefficient (Wildman–Crippen LogP) is 1.92. The number of rotatable bonds is 7. The van der Waals surface area contributed by atoms with Crippen molar-refractivity contribution < 1.29 is 4.74 Å². The van der Waals surface area contributed by atoms with Crippen molar-refractivity contribution in [3.8, 4) is 0 Å². The number of nitrogens with one attached hydrogen (secondary N) is 1. The summed E-state index contributed by atoms with van der Waals surface area (Å²) in [6.07, 6.45) is 2.80. The monoisotopic (exact) mass is 248 g/mol. The smallest absolute Gasteiger partial charge is 0.0720 e. The van der Waals surface area contributed by atoms with Crippen molar-refractivity contribution in [3.63, 3.8) is 0 Å². The van der Waals surface area contributed by atoms with E-state index in [4.69, 9.17) is 10.5 Å². The Morgan fingerprint density at radius 2 is 2.06 bits per heavy atom. The van der Waals surface area contributed by atoms with Crippen molar-refractivity contribution in [2.45, 2.75) is 38.5 Å². The molecule has 1 aliphatic rings. The number of ether oxygens (including phenoxy) is 1. The lowest BCUT2D eigenvalue weighted by Crippen LogP contribution is -2.42. The maximum atomic E-state index is 5.87. The third kappa shape index (κ3) is 4.09. The van der Waals surface area contributed by atoms with Crippen LogP contribution >= 0.6 is 0 Å². The SMILES string of the molecule is CC(CN)NCC1CC(OCc2ccccc2)C1. The van der Waals surface area contributed by atoms with Crippen molar-refractivity contribution in [2.75, 3.05) is 13.1 Å². The Morgan fingerprint density at radius 1 is 1.33 bits per heavy atom. The summed E-state index contributed by atoms with van der Waals surface area (Å²) in [5.74, 6) is 0.764.